The van der Waals surface area contributed by atoms with Crippen molar-refractivity contribution in [1.29, 1.82) is 0 Å². The standard InChI is InChI=1S/C27H19ClN2O4/c28-23-6-2-4-8-25(23)33-20-11-9-19(10-12-20)29-15-18-16-30(24-7-3-1-5-22(18)24)17-21-13-14-26(34-21)27(31)32/h1-16H,17H2,(H,31,32). The Morgan fingerprint density at radius 2 is 1.76 bits per heavy atom. The quantitative estimate of drug-likeness (QED) is 0.255. The molecule has 0 saturated heterocycles. The lowest BCUT2D eigenvalue weighted by atomic mass is 10.2. The molecule has 2 heterocycles. The Morgan fingerprint density at radius 3 is 2.53 bits per heavy atom. The molecular formula is C27H19ClN2O4. The fourth-order valence-corrected chi connectivity index (χ4v) is 3.83. The molecule has 1 N–H and O–H groups in total. The van der Waals surface area contributed by atoms with Gasteiger partial charge < -0.3 is 18.8 Å². The highest BCUT2D eigenvalue weighted by Gasteiger charge is 2.12. The zero-order valence-electron chi connectivity index (χ0n) is 17.9. The highest BCUT2D eigenvalue weighted by atomic mass is 35.5. The lowest BCUT2D eigenvalue weighted by molar-refractivity contribution is 0.0660. The Bertz CT molecular complexity index is 1500. The van der Waals surface area contributed by atoms with E-state index in [-0.39, 0.29) is 5.76 Å². The van der Waals surface area contributed by atoms with Crippen molar-refractivity contribution in [1.82, 2.24) is 4.57 Å². The van der Waals surface area contributed by atoms with Crippen molar-refractivity contribution < 1.29 is 19.1 Å². The van der Waals surface area contributed by atoms with Crippen molar-refractivity contribution in [3.63, 3.8) is 0 Å². The van der Waals surface area contributed by atoms with E-state index < -0.39 is 5.97 Å². The molecule has 0 bridgehead atoms. The lowest BCUT2D eigenvalue weighted by Gasteiger charge is -2.07. The van der Waals surface area contributed by atoms with Gasteiger partial charge in [0.05, 0.1) is 17.3 Å². The Kier molecular flexibility index (Phi) is 5.89. The molecule has 2 aromatic heterocycles. The van der Waals surface area contributed by atoms with Crippen molar-refractivity contribution in [3.8, 4) is 11.5 Å². The number of carboxylic acid groups (broad SMARTS) is 1. The van der Waals surface area contributed by atoms with E-state index >= 15 is 0 Å². The molecule has 5 aromatic rings. The third-order valence-corrected chi connectivity index (χ3v) is 5.58. The number of aromatic carboxylic acids is 1. The molecule has 5 rings (SSSR count). The summed E-state index contributed by atoms with van der Waals surface area (Å²) < 4.78 is 13.3. The number of hydrogen-bond donors (Lipinski definition) is 1. The number of fused-ring (bicyclic) bond motifs is 1. The van der Waals surface area contributed by atoms with E-state index in [9.17, 15) is 4.79 Å². The molecule has 3 aromatic carbocycles. The van der Waals surface area contributed by atoms with Gasteiger partial charge in [-0.3, -0.25) is 4.99 Å². The van der Waals surface area contributed by atoms with E-state index in [0.717, 1.165) is 22.2 Å². The molecule has 0 aliphatic rings. The first kappa shape index (κ1) is 21.6. The van der Waals surface area contributed by atoms with Gasteiger partial charge in [-0.25, -0.2) is 4.79 Å². The number of benzene rings is 3. The van der Waals surface area contributed by atoms with Crippen LogP contribution >= 0.6 is 11.6 Å². The second-order valence-corrected chi connectivity index (χ2v) is 7.99. The summed E-state index contributed by atoms with van der Waals surface area (Å²) in [6.45, 7) is 0.412. The second-order valence-electron chi connectivity index (χ2n) is 7.59. The van der Waals surface area contributed by atoms with Gasteiger partial charge in [0.25, 0.3) is 0 Å². The first-order valence-corrected chi connectivity index (χ1v) is 10.9. The normalized spacial score (nSPS) is 11.3. The molecule has 0 unspecified atom stereocenters. The topological polar surface area (TPSA) is 77.0 Å². The second kappa shape index (κ2) is 9.29. The molecule has 0 amide bonds. The fraction of sp³-hybridized carbons (Fsp3) is 0.0370. The number of carboxylic acids is 1. The van der Waals surface area contributed by atoms with Crippen molar-refractivity contribution in [2.75, 3.05) is 0 Å². The Balaban J connectivity index is 1.36. The molecule has 0 fully saturated rings. The van der Waals surface area contributed by atoms with Gasteiger partial charge in [0.2, 0.25) is 5.76 Å². The van der Waals surface area contributed by atoms with E-state index in [0.29, 0.717) is 28.8 Å². The Morgan fingerprint density at radius 1 is 1.00 bits per heavy atom. The van der Waals surface area contributed by atoms with E-state index in [2.05, 4.69) is 4.99 Å². The molecule has 0 aliphatic carbocycles. The van der Waals surface area contributed by atoms with Gasteiger partial charge in [-0.15, -0.1) is 0 Å². The van der Waals surface area contributed by atoms with Gasteiger partial charge in [0.15, 0.2) is 0 Å². The number of aliphatic imine (C=N–C) groups is 1. The number of halogens is 1. The number of hydrogen-bond acceptors (Lipinski definition) is 4. The van der Waals surface area contributed by atoms with Crippen molar-refractivity contribution in [3.05, 3.63) is 113 Å². The van der Waals surface area contributed by atoms with Crippen LogP contribution < -0.4 is 4.74 Å². The van der Waals surface area contributed by atoms with E-state index in [4.69, 9.17) is 25.9 Å². The smallest absolute Gasteiger partial charge is 0.371 e. The van der Waals surface area contributed by atoms with Crippen LogP contribution in [0, 0.1) is 0 Å². The molecule has 0 atom stereocenters. The number of rotatable bonds is 7. The van der Waals surface area contributed by atoms with Crippen LogP contribution in [0.25, 0.3) is 10.9 Å². The number of ether oxygens (including phenoxy) is 1. The van der Waals surface area contributed by atoms with Crippen LogP contribution in [0.3, 0.4) is 0 Å². The first-order chi connectivity index (χ1) is 16.6. The molecule has 0 saturated carbocycles. The van der Waals surface area contributed by atoms with Gasteiger partial charge in [-0.2, -0.15) is 0 Å². The van der Waals surface area contributed by atoms with Gasteiger partial charge in [-0.05, 0) is 54.6 Å². The minimum atomic E-state index is -1.08. The number of aromatic nitrogens is 1. The maximum Gasteiger partial charge on any atom is 0.371 e. The van der Waals surface area contributed by atoms with Crippen molar-refractivity contribution in [2.45, 2.75) is 6.54 Å². The van der Waals surface area contributed by atoms with Crippen molar-refractivity contribution >= 4 is 40.4 Å². The summed E-state index contributed by atoms with van der Waals surface area (Å²) in [5, 5.41) is 10.7. The average molecular weight is 471 g/mol. The zero-order chi connectivity index (χ0) is 23.5. The first-order valence-electron chi connectivity index (χ1n) is 10.5. The molecule has 168 valence electrons. The molecule has 0 spiro atoms. The molecule has 0 aliphatic heterocycles. The van der Waals surface area contributed by atoms with Gasteiger partial charge >= 0.3 is 5.97 Å². The van der Waals surface area contributed by atoms with Crippen LogP contribution in [0.2, 0.25) is 5.02 Å². The van der Waals surface area contributed by atoms with Crippen LogP contribution in [-0.4, -0.2) is 21.9 Å². The fourth-order valence-electron chi connectivity index (χ4n) is 3.65. The predicted molar refractivity (Wildman–Crippen MR) is 132 cm³/mol. The van der Waals surface area contributed by atoms with E-state index in [1.54, 1.807) is 12.1 Å². The summed E-state index contributed by atoms with van der Waals surface area (Å²) in [4.78, 5) is 15.7. The summed E-state index contributed by atoms with van der Waals surface area (Å²) in [5.41, 5.74) is 2.72. The molecule has 0 radical (unpaired) electrons. The largest absolute Gasteiger partial charge is 0.475 e. The maximum atomic E-state index is 11.1. The predicted octanol–water partition coefficient (Wildman–Crippen LogP) is 7.18. The molecule has 34 heavy (non-hydrogen) atoms. The van der Waals surface area contributed by atoms with Crippen LogP contribution in [0.4, 0.5) is 5.69 Å². The number of nitrogens with zero attached hydrogens (tertiary/aromatic N) is 2. The highest BCUT2D eigenvalue weighted by molar-refractivity contribution is 6.32. The number of para-hydroxylation sites is 2. The summed E-state index contributed by atoms with van der Waals surface area (Å²) in [7, 11) is 0. The van der Waals surface area contributed by atoms with Gasteiger partial charge in [0.1, 0.15) is 17.3 Å². The van der Waals surface area contributed by atoms with Crippen LogP contribution in [0.5, 0.6) is 11.5 Å². The molecular weight excluding hydrogens is 452 g/mol. The molecule has 7 heteroatoms. The average Bonchev–Trinajstić information content (AvgIpc) is 3.46. The monoisotopic (exact) mass is 470 g/mol. The van der Waals surface area contributed by atoms with Crippen molar-refractivity contribution in [2.24, 2.45) is 4.99 Å². The summed E-state index contributed by atoms with van der Waals surface area (Å²) in [6, 6.07) is 25.9. The maximum absolute atomic E-state index is 11.1. The van der Waals surface area contributed by atoms with Gasteiger partial charge in [0, 0.05) is 28.9 Å². The molecule has 6 nitrogen and oxygen atoms in total. The van der Waals surface area contributed by atoms with E-state index in [1.807, 2.05) is 83.7 Å². The number of furan rings is 1. The minimum Gasteiger partial charge on any atom is -0.475 e. The third kappa shape index (κ3) is 4.58. The SMILES string of the molecule is O=C(O)c1ccc(Cn2cc(C=Nc3ccc(Oc4ccccc4Cl)cc3)c3ccccc32)o1. The summed E-state index contributed by atoms with van der Waals surface area (Å²) in [5.74, 6) is 0.675. The van der Waals surface area contributed by atoms with E-state index in [1.165, 1.54) is 6.07 Å². The van der Waals surface area contributed by atoms with Crippen LogP contribution in [0.15, 0.2) is 101 Å². The lowest BCUT2D eigenvalue weighted by Crippen LogP contribution is -1.97. The minimum absolute atomic E-state index is 0.0739. The summed E-state index contributed by atoms with van der Waals surface area (Å²) in [6.07, 6.45) is 3.79. The van der Waals surface area contributed by atoms with Crippen LogP contribution in [0.1, 0.15) is 21.9 Å². The Hall–Kier alpha value is -4.29. The number of carbonyl (C=O) groups is 1. The highest BCUT2D eigenvalue weighted by Crippen LogP contribution is 2.30. The zero-order valence-corrected chi connectivity index (χ0v) is 18.6. The third-order valence-electron chi connectivity index (χ3n) is 5.27. The van der Waals surface area contributed by atoms with Crippen LogP contribution in [-0.2, 0) is 6.54 Å². The van der Waals surface area contributed by atoms with Gasteiger partial charge in [-0.1, -0.05) is 41.9 Å². The Labute approximate surface area is 200 Å². The summed E-state index contributed by atoms with van der Waals surface area (Å²) >= 11 is 6.16.